The molecular formula is C19H12F2N4O2S. The summed E-state index contributed by atoms with van der Waals surface area (Å²) in [5, 5.41) is 10.6. The van der Waals surface area contributed by atoms with Crippen LogP contribution in [0.2, 0.25) is 0 Å². The van der Waals surface area contributed by atoms with Gasteiger partial charge in [0, 0.05) is 10.4 Å². The first-order chi connectivity index (χ1) is 13.5. The highest BCUT2D eigenvalue weighted by Gasteiger charge is 2.19. The number of hydrogen-bond donors (Lipinski definition) is 1. The molecule has 0 aliphatic heterocycles. The molecule has 4 rings (SSSR count). The maximum atomic E-state index is 13.7. The summed E-state index contributed by atoms with van der Waals surface area (Å²) in [5.74, 6) is -2.51. The number of nitrogens with one attached hydrogen (secondary N) is 1. The van der Waals surface area contributed by atoms with E-state index in [4.69, 9.17) is 4.42 Å². The Labute approximate surface area is 161 Å². The fourth-order valence-electron chi connectivity index (χ4n) is 2.67. The molecule has 0 aliphatic rings. The van der Waals surface area contributed by atoms with E-state index >= 15 is 0 Å². The molecule has 0 saturated carbocycles. The number of halogens is 2. The van der Waals surface area contributed by atoms with Crippen LogP contribution in [0.3, 0.4) is 0 Å². The first-order valence-corrected chi connectivity index (χ1v) is 8.92. The normalized spacial score (nSPS) is 10.8. The Morgan fingerprint density at radius 2 is 1.93 bits per heavy atom. The Kier molecular flexibility index (Phi) is 4.66. The molecule has 1 N–H and O–H groups in total. The highest BCUT2D eigenvalue weighted by atomic mass is 32.1. The number of benzene rings is 1. The van der Waals surface area contributed by atoms with Gasteiger partial charge in [-0.15, -0.1) is 21.5 Å². The van der Waals surface area contributed by atoms with E-state index in [0.29, 0.717) is 10.9 Å². The minimum atomic E-state index is -1.02. The summed E-state index contributed by atoms with van der Waals surface area (Å²) >= 11 is 1.28. The minimum Gasteiger partial charge on any atom is -0.423 e. The van der Waals surface area contributed by atoms with Gasteiger partial charge in [-0.3, -0.25) is 9.78 Å². The number of thiophene rings is 1. The van der Waals surface area contributed by atoms with E-state index in [2.05, 4.69) is 20.5 Å². The fraction of sp³-hybridized carbons (Fsp3) is 0.0526. The highest BCUT2D eigenvalue weighted by Crippen LogP contribution is 2.35. The number of carbonyl (C=O) groups excluding carboxylic acids is 1. The van der Waals surface area contributed by atoms with Gasteiger partial charge in [0.15, 0.2) is 11.6 Å². The molecule has 1 amide bonds. The zero-order chi connectivity index (χ0) is 19.7. The summed E-state index contributed by atoms with van der Waals surface area (Å²) in [5.41, 5.74) is 2.02. The number of pyridine rings is 1. The van der Waals surface area contributed by atoms with Gasteiger partial charge in [0.2, 0.25) is 12.3 Å². The predicted molar refractivity (Wildman–Crippen MR) is 99.9 cm³/mol. The summed E-state index contributed by atoms with van der Waals surface area (Å²) in [4.78, 5) is 16.5. The number of nitrogens with zero attached hydrogens (tertiary/aromatic N) is 3. The van der Waals surface area contributed by atoms with E-state index in [9.17, 15) is 13.6 Å². The SMILES string of the molecule is Cc1ccc(-c2nnco2)cc1-c1ccc(NC(=O)c2c(F)cncc2F)s1. The molecule has 0 aliphatic carbocycles. The van der Waals surface area contributed by atoms with Crippen LogP contribution in [0.5, 0.6) is 0 Å². The molecule has 28 heavy (non-hydrogen) atoms. The first kappa shape index (κ1) is 17.9. The highest BCUT2D eigenvalue weighted by molar-refractivity contribution is 7.19. The number of carbonyl (C=O) groups is 1. The lowest BCUT2D eigenvalue weighted by atomic mass is 10.0. The van der Waals surface area contributed by atoms with Crippen LogP contribution in [0.25, 0.3) is 21.9 Å². The molecule has 0 unspecified atom stereocenters. The van der Waals surface area contributed by atoms with Crippen LogP contribution in [0.15, 0.2) is 53.5 Å². The zero-order valence-corrected chi connectivity index (χ0v) is 15.3. The van der Waals surface area contributed by atoms with Crippen molar-refractivity contribution in [3.63, 3.8) is 0 Å². The Morgan fingerprint density at radius 1 is 1.14 bits per heavy atom. The van der Waals surface area contributed by atoms with Crippen LogP contribution >= 0.6 is 11.3 Å². The van der Waals surface area contributed by atoms with Gasteiger partial charge in [0.25, 0.3) is 5.91 Å². The fourth-order valence-corrected chi connectivity index (χ4v) is 3.65. The van der Waals surface area contributed by atoms with Gasteiger partial charge in [-0.1, -0.05) is 6.07 Å². The van der Waals surface area contributed by atoms with Crippen molar-refractivity contribution in [2.75, 3.05) is 5.32 Å². The van der Waals surface area contributed by atoms with Gasteiger partial charge in [0.05, 0.1) is 17.4 Å². The molecule has 0 bridgehead atoms. The Hall–Kier alpha value is -3.46. The van der Waals surface area contributed by atoms with Crippen molar-refractivity contribution >= 4 is 22.2 Å². The van der Waals surface area contributed by atoms with Crippen molar-refractivity contribution in [2.45, 2.75) is 6.92 Å². The third-order valence-electron chi connectivity index (χ3n) is 4.03. The lowest BCUT2D eigenvalue weighted by molar-refractivity contribution is 0.101. The Balaban J connectivity index is 1.62. The predicted octanol–water partition coefficient (Wildman–Crippen LogP) is 4.70. The molecule has 3 aromatic heterocycles. The Bertz CT molecular complexity index is 1140. The second-order valence-corrected chi connectivity index (χ2v) is 6.95. The average Bonchev–Trinajstić information content (AvgIpc) is 3.34. The Morgan fingerprint density at radius 3 is 2.64 bits per heavy atom. The molecule has 0 radical (unpaired) electrons. The van der Waals surface area contributed by atoms with E-state index in [1.807, 2.05) is 31.2 Å². The minimum absolute atomic E-state index is 0.398. The molecule has 9 heteroatoms. The third kappa shape index (κ3) is 3.39. The van der Waals surface area contributed by atoms with Crippen LogP contribution in [0.4, 0.5) is 13.8 Å². The molecule has 0 saturated heterocycles. The second-order valence-electron chi connectivity index (χ2n) is 5.87. The molecular weight excluding hydrogens is 386 g/mol. The van der Waals surface area contributed by atoms with E-state index in [1.165, 1.54) is 17.7 Å². The summed E-state index contributed by atoms with van der Waals surface area (Å²) in [6.45, 7) is 1.95. The van der Waals surface area contributed by atoms with Crippen molar-refractivity contribution in [3.05, 3.63) is 71.9 Å². The van der Waals surface area contributed by atoms with Crippen molar-refractivity contribution in [1.29, 1.82) is 0 Å². The van der Waals surface area contributed by atoms with Gasteiger partial charge in [0.1, 0.15) is 5.56 Å². The topological polar surface area (TPSA) is 80.9 Å². The number of rotatable bonds is 4. The maximum absolute atomic E-state index is 13.7. The number of amides is 1. The molecule has 0 atom stereocenters. The lowest BCUT2D eigenvalue weighted by Gasteiger charge is -2.06. The van der Waals surface area contributed by atoms with E-state index < -0.39 is 23.1 Å². The van der Waals surface area contributed by atoms with E-state index in [1.54, 1.807) is 6.07 Å². The molecule has 1 aromatic carbocycles. The van der Waals surface area contributed by atoms with Crippen molar-refractivity contribution in [2.24, 2.45) is 0 Å². The molecule has 6 nitrogen and oxygen atoms in total. The van der Waals surface area contributed by atoms with Gasteiger partial charge < -0.3 is 9.73 Å². The van der Waals surface area contributed by atoms with Crippen LogP contribution in [-0.2, 0) is 0 Å². The van der Waals surface area contributed by atoms with Crippen LogP contribution in [-0.4, -0.2) is 21.1 Å². The lowest BCUT2D eigenvalue weighted by Crippen LogP contribution is -2.15. The molecule has 0 spiro atoms. The van der Waals surface area contributed by atoms with Crippen molar-refractivity contribution in [3.8, 4) is 21.9 Å². The van der Waals surface area contributed by atoms with Gasteiger partial charge in [-0.25, -0.2) is 8.78 Å². The van der Waals surface area contributed by atoms with E-state index in [0.717, 1.165) is 34.0 Å². The van der Waals surface area contributed by atoms with Crippen molar-refractivity contribution in [1.82, 2.24) is 15.2 Å². The van der Waals surface area contributed by atoms with E-state index in [-0.39, 0.29) is 0 Å². The summed E-state index contributed by atoms with van der Waals surface area (Å²) < 4.78 is 32.7. The number of anilines is 1. The first-order valence-electron chi connectivity index (χ1n) is 8.10. The number of hydrogen-bond acceptors (Lipinski definition) is 6. The van der Waals surface area contributed by atoms with Crippen molar-refractivity contribution < 1.29 is 18.0 Å². The molecule has 0 fully saturated rings. The van der Waals surface area contributed by atoms with Crippen LogP contribution in [0.1, 0.15) is 15.9 Å². The maximum Gasteiger partial charge on any atom is 0.262 e. The standard InChI is InChI=1S/C19H12F2N4O2S/c1-10-2-3-11(19-25-23-9-27-19)6-12(10)15-4-5-16(28-15)24-18(26)17-13(20)7-22-8-14(17)21/h2-9H,1H3,(H,24,26). The molecule has 140 valence electrons. The number of aryl methyl sites for hydroxylation is 1. The second kappa shape index (κ2) is 7.28. The van der Waals surface area contributed by atoms with Crippen LogP contribution < -0.4 is 5.32 Å². The van der Waals surface area contributed by atoms with Crippen LogP contribution in [0, 0.1) is 18.6 Å². The summed E-state index contributed by atoms with van der Waals surface area (Å²) in [7, 11) is 0. The van der Waals surface area contributed by atoms with Gasteiger partial charge in [-0.2, -0.15) is 0 Å². The van der Waals surface area contributed by atoms with Gasteiger partial charge in [-0.05, 0) is 42.3 Å². The zero-order valence-electron chi connectivity index (χ0n) is 14.4. The molecule has 4 aromatic rings. The molecule has 3 heterocycles. The average molecular weight is 398 g/mol. The summed E-state index contributed by atoms with van der Waals surface area (Å²) in [6.07, 6.45) is 2.85. The monoisotopic (exact) mass is 398 g/mol. The largest absolute Gasteiger partial charge is 0.423 e. The smallest absolute Gasteiger partial charge is 0.262 e. The third-order valence-corrected chi connectivity index (χ3v) is 5.07. The quantitative estimate of drug-likeness (QED) is 0.539. The number of aromatic nitrogens is 3. The summed E-state index contributed by atoms with van der Waals surface area (Å²) in [6, 6.07) is 9.20. The van der Waals surface area contributed by atoms with Gasteiger partial charge >= 0.3 is 0 Å².